The molecule has 3 heterocycles. The number of nitrogens with zero attached hydrogens (tertiary/aromatic N) is 3. The third-order valence-corrected chi connectivity index (χ3v) is 18.3. The summed E-state index contributed by atoms with van der Waals surface area (Å²) in [7, 11) is -7.27. The Hall–Kier alpha value is -1.14. The number of nitrogens with two attached hydrogens (primary N) is 1. The molecule has 0 aromatic carbocycles. The molecule has 11 nitrogen and oxygen atoms in total. The van der Waals surface area contributed by atoms with Crippen LogP contribution in [0, 0.1) is 0 Å². The predicted molar refractivity (Wildman–Crippen MR) is 145 cm³/mol. The number of hydrogen-bond donors (Lipinski definition) is 1. The van der Waals surface area contributed by atoms with Crippen molar-refractivity contribution in [1.29, 1.82) is 0 Å². The predicted octanol–water partition coefficient (Wildman–Crippen LogP) is 3.63. The molecule has 2 aliphatic rings. The number of rotatable bonds is 8. The van der Waals surface area contributed by atoms with Crippen molar-refractivity contribution in [3.63, 3.8) is 0 Å². The topological polar surface area (TPSA) is 137 Å². The minimum atomic E-state index is -4.08. The zero-order valence-corrected chi connectivity index (χ0v) is 26.8. The molecule has 2 N–H and O–H groups in total. The highest BCUT2D eigenvalue weighted by Crippen LogP contribution is 2.52. The Kier molecular flexibility index (Phi) is 8.06. The maximum absolute atomic E-state index is 12.8. The van der Waals surface area contributed by atoms with Crippen LogP contribution in [0.15, 0.2) is 17.3 Å². The molecule has 37 heavy (non-hydrogen) atoms. The highest BCUT2D eigenvalue weighted by atomic mass is 32.2. The van der Waals surface area contributed by atoms with Crippen molar-refractivity contribution in [3.8, 4) is 0 Å². The minimum Gasteiger partial charge on any atom is -0.414 e. The van der Waals surface area contributed by atoms with Crippen LogP contribution in [0.2, 0.25) is 36.3 Å². The Balaban J connectivity index is 2.17. The average molecular weight is 577 g/mol. The second kappa shape index (κ2) is 9.80. The van der Waals surface area contributed by atoms with E-state index in [9.17, 15) is 8.42 Å². The fourth-order valence-electron chi connectivity index (χ4n) is 3.92. The third kappa shape index (κ3) is 5.62. The summed E-state index contributed by atoms with van der Waals surface area (Å²) < 4.78 is 58.3. The van der Waals surface area contributed by atoms with Crippen LogP contribution in [0.4, 0.5) is 0 Å². The molecule has 212 valence electrons. The van der Waals surface area contributed by atoms with Crippen molar-refractivity contribution >= 4 is 26.8 Å². The Labute approximate surface area is 223 Å². The molecule has 1 aromatic heterocycles. The summed E-state index contributed by atoms with van der Waals surface area (Å²) >= 11 is 0. The fraction of sp³-hybridized carbons (Fsp3) is 0.826. The molecule has 0 radical (unpaired) electrons. The molecule has 0 saturated carbocycles. The van der Waals surface area contributed by atoms with Gasteiger partial charge < -0.3 is 24.1 Å². The average Bonchev–Trinajstić information content (AvgIpc) is 3.34. The summed E-state index contributed by atoms with van der Waals surface area (Å²) in [5, 5.41) is 9.00. The van der Waals surface area contributed by atoms with E-state index in [0.29, 0.717) is 5.69 Å². The molecule has 1 fully saturated rings. The van der Waals surface area contributed by atoms with Gasteiger partial charge in [0.25, 0.3) is 10.1 Å². The smallest absolute Gasteiger partial charge is 0.292 e. The van der Waals surface area contributed by atoms with Crippen molar-refractivity contribution in [2.75, 3.05) is 13.7 Å². The summed E-state index contributed by atoms with van der Waals surface area (Å²) in [6.45, 7) is 21.4. The lowest BCUT2D eigenvalue weighted by Crippen LogP contribution is -2.59. The Morgan fingerprint density at radius 3 is 2.19 bits per heavy atom. The van der Waals surface area contributed by atoms with Crippen molar-refractivity contribution < 1.29 is 30.9 Å². The highest BCUT2D eigenvalue weighted by Gasteiger charge is 2.67. The van der Waals surface area contributed by atoms with E-state index < -0.39 is 50.8 Å². The van der Waals surface area contributed by atoms with Crippen molar-refractivity contribution in [2.45, 2.75) is 108 Å². The Morgan fingerprint density at radius 1 is 1.11 bits per heavy atom. The Morgan fingerprint density at radius 2 is 1.70 bits per heavy atom. The zero-order valence-electron chi connectivity index (χ0n) is 24.0. The van der Waals surface area contributed by atoms with E-state index in [1.54, 1.807) is 18.0 Å². The molecule has 0 amide bonds. The lowest BCUT2D eigenvalue weighted by molar-refractivity contribution is -0.0617. The van der Waals surface area contributed by atoms with Crippen molar-refractivity contribution in [3.05, 3.63) is 23.0 Å². The largest absolute Gasteiger partial charge is 0.414 e. The van der Waals surface area contributed by atoms with E-state index in [1.165, 1.54) is 0 Å². The molecule has 0 aliphatic carbocycles. The van der Waals surface area contributed by atoms with Gasteiger partial charge in [-0.1, -0.05) is 46.8 Å². The molecule has 0 bridgehead atoms. The van der Waals surface area contributed by atoms with Crippen LogP contribution in [0.1, 0.15) is 53.5 Å². The standard InChI is InChI=1S/C23H44N4O7SSi2/c1-21(2,3)36(8,9)31-14-18-23(17(24)15-35(28,29)34-23)19(33-37(10,11)22(4,5)6)20(32-18)27-16(13-30-7)12-25-26-27/h12,15,18-20H,13-14,24H2,1-11H3/t18?,19-,20+,23?/m0/s1. The van der Waals surface area contributed by atoms with E-state index in [0.717, 1.165) is 5.41 Å². The van der Waals surface area contributed by atoms with E-state index in [-0.39, 0.29) is 29.0 Å². The van der Waals surface area contributed by atoms with Crippen molar-refractivity contribution in [2.24, 2.45) is 5.73 Å². The van der Waals surface area contributed by atoms with Gasteiger partial charge in [0, 0.05) is 7.11 Å². The molecule has 3 rings (SSSR count). The number of methoxy groups -OCH3 is 1. The van der Waals surface area contributed by atoms with Crippen molar-refractivity contribution in [1.82, 2.24) is 15.0 Å². The van der Waals surface area contributed by atoms with Gasteiger partial charge in [-0.2, -0.15) is 8.42 Å². The lowest BCUT2D eigenvalue weighted by Gasteiger charge is -2.43. The first kappa shape index (κ1) is 30.4. The van der Waals surface area contributed by atoms with Crippen LogP contribution in [0.3, 0.4) is 0 Å². The number of ether oxygens (including phenoxy) is 2. The van der Waals surface area contributed by atoms with Crippen LogP contribution in [-0.4, -0.2) is 71.6 Å². The van der Waals surface area contributed by atoms with Gasteiger partial charge in [0.15, 0.2) is 28.5 Å². The van der Waals surface area contributed by atoms with E-state index >= 15 is 0 Å². The summed E-state index contributed by atoms with van der Waals surface area (Å²) in [5.41, 5.74) is 5.53. The lowest BCUT2D eigenvalue weighted by atomic mass is 9.89. The van der Waals surface area contributed by atoms with Gasteiger partial charge >= 0.3 is 0 Å². The maximum atomic E-state index is 12.8. The summed E-state index contributed by atoms with van der Waals surface area (Å²) in [4.78, 5) is 0. The fourth-order valence-corrected chi connectivity index (χ4v) is 7.43. The zero-order chi connectivity index (χ0) is 28.2. The SMILES string of the molecule is COCc1cnnn1[C@@H]1OC(CO[Si](C)(C)C(C)(C)C)C2(OS(=O)(=O)C=C2N)[C@H]1O[Si](C)(C)C(C)(C)C. The van der Waals surface area contributed by atoms with E-state index in [2.05, 4.69) is 78.0 Å². The number of hydrogen-bond acceptors (Lipinski definition) is 10. The van der Waals surface area contributed by atoms with Crippen LogP contribution in [-0.2, 0) is 39.2 Å². The summed E-state index contributed by atoms with van der Waals surface area (Å²) in [6.07, 6.45) is -1.12. The second-order valence-corrected chi connectivity index (χ2v) is 23.9. The molecule has 2 aliphatic heterocycles. The molecular formula is C23H44N4O7SSi2. The minimum absolute atomic E-state index is 0.0240. The summed E-state index contributed by atoms with van der Waals surface area (Å²) in [6, 6.07) is 0. The van der Waals surface area contributed by atoms with Crippen LogP contribution in [0.25, 0.3) is 0 Å². The van der Waals surface area contributed by atoms with Gasteiger partial charge in [0.1, 0.15) is 12.2 Å². The molecule has 2 unspecified atom stereocenters. The molecule has 1 saturated heterocycles. The molecule has 14 heteroatoms. The maximum Gasteiger partial charge on any atom is 0.292 e. The third-order valence-electron chi connectivity index (χ3n) is 8.25. The van der Waals surface area contributed by atoms with Crippen LogP contribution < -0.4 is 5.73 Å². The van der Waals surface area contributed by atoms with Gasteiger partial charge in [-0.15, -0.1) is 5.10 Å². The molecule has 1 aromatic rings. The molecule has 4 atom stereocenters. The van der Waals surface area contributed by atoms with Gasteiger partial charge in [-0.3, -0.25) is 0 Å². The number of aromatic nitrogens is 3. The first-order valence-electron chi connectivity index (χ1n) is 12.5. The Bertz CT molecular complexity index is 1120. The van der Waals surface area contributed by atoms with Crippen LogP contribution in [0.5, 0.6) is 0 Å². The molecule has 1 spiro atoms. The quantitative estimate of drug-likeness (QED) is 0.361. The monoisotopic (exact) mass is 576 g/mol. The van der Waals surface area contributed by atoms with Crippen LogP contribution >= 0.6 is 0 Å². The van der Waals surface area contributed by atoms with E-state index in [4.69, 9.17) is 28.2 Å². The summed E-state index contributed by atoms with van der Waals surface area (Å²) in [5.74, 6) is 0. The normalized spacial score (nSPS) is 28.7. The van der Waals surface area contributed by atoms with Gasteiger partial charge in [0.05, 0.1) is 36.2 Å². The van der Waals surface area contributed by atoms with Gasteiger partial charge in [-0.05, 0) is 36.3 Å². The first-order chi connectivity index (χ1) is 16.7. The van der Waals surface area contributed by atoms with Gasteiger partial charge in [-0.25, -0.2) is 8.86 Å². The second-order valence-electron chi connectivity index (χ2n) is 12.9. The highest BCUT2D eigenvalue weighted by molar-refractivity contribution is 7.90. The van der Waals surface area contributed by atoms with Gasteiger partial charge in [0.2, 0.25) is 0 Å². The first-order valence-corrected chi connectivity index (χ1v) is 19.8. The molecular weight excluding hydrogens is 533 g/mol. The van der Waals surface area contributed by atoms with E-state index in [1.807, 2.05) is 0 Å².